The number of nitrogens with one attached hydrogen (secondary N) is 2. The Balaban J connectivity index is 1.35. The molecule has 0 radical (unpaired) electrons. The molecule has 3 N–H and O–H groups in total. The Morgan fingerprint density at radius 3 is 1.84 bits per heavy atom. The number of carbonyl (C=O) groups is 4. The molecule has 15 nitrogen and oxygen atoms in total. The molecule has 21 heteroatoms. The number of hydrogen-bond acceptors (Lipinski definition) is 9. The standard InChI is InChI=1S/C40H46F6N8O7/c1-9-21-14-22(29-19-30(51-52(29)8)49-33(55)48-26-17-24(39(41,42)43)16-25(18-26)40(44,45)46)15-23-20-47-32(50-31(21)23)53(34(56)57)27-10-12-28(13-11-27)54(35(58)60-37(2,3)4)36(59)61-38(5,6)7/h14-20,27-28H,9-13H2,1-8H3,(H,56,57)(H2,48,49,51,55)/t27-,28-. The first-order valence-corrected chi connectivity index (χ1v) is 19.1. The highest BCUT2D eigenvalue weighted by Crippen LogP contribution is 2.38. The lowest BCUT2D eigenvalue weighted by Gasteiger charge is -2.38. The highest BCUT2D eigenvalue weighted by molar-refractivity contribution is 6.00. The fraction of sp³-hybridized carbons (Fsp3) is 0.475. The van der Waals surface area contributed by atoms with Crippen LogP contribution in [0, 0.1) is 0 Å². The Bertz CT molecular complexity index is 2250. The number of ether oxygens (including phenoxy) is 2. The van der Waals surface area contributed by atoms with E-state index in [1.54, 1.807) is 60.7 Å². The largest absolute Gasteiger partial charge is 0.465 e. The van der Waals surface area contributed by atoms with Gasteiger partial charge in [0.15, 0.2) is 5.82 Å². The van der Waals surface area contributed by atoms with Gasteiger partial charge in [0.1, 0.15) is 11.2 Å². The summed E-state index contributed by atoms with van der Waals surface area (Å²) in [5, 5.41) is 19.5. The zero-order valence-corrected chi connectivity index (χ0v) is 34.6. The summed E-state index contributed by atoms with van der Waals surface area (Å²) in [5.74, 6) is -0.155. The van der Waals surface area contributed by atoms with Crippen molar-refractivity contribution in [2.75, 3.05) is 15.5 Å². The number of fused-ring (bicyclic) bond motifs is 1. The third-order valence-corrected chi connectivity index (χ3v) is 9.39. The van der Waals surface area contributed by atoms with E-state index in [0.717, 1.165) is 9.80 Å². The number of hydrogen-bond donors (Lipinski definition) is 3. The maximum atomic E-state index is 13.3. The lowest BCUT2D eigenvalue weighted by atomic mass is 9.89. The second kappa shape index (κ2) is 17.1. The normalized spacial score (nSPS) is 16.2. The number of aryl methyl sites for hydroxylation is 2. The van der Waals surface area contributed by atoms with Gasteiger partial charge in [-0.05, 0) is 110 Å². The SMILES string of the molecule is CCc1cc(-c2cc(NC(=O)Nc3cc(C(F)(F)F)cc(C(F)(F)F)c3)nn2C)cc2cnc(N(C(=O)O)[C@H]3CC[C@H](N(C(=O)OC(C)(C)C)C(=O)OC(C)(C)C)CC3)nc12. The van der Waals surface area contributed by atoms with Gasteiger partial charge in [0, 0.05) is 48.0 Å². The topological polar surface area (TPSA) is 181 Å². The highest BCUT2D eigenvalue weighted by atomic mass is 19.4. The summed E-state index contributed by atoms with van der Waals surface area (Å²) in [6.45, 7) is 11.9. The second-order valence-corrected chi connectivity index (χ2v) is 16.5. The van der Waals surface area contributed by atoms with E-state index in [-0.39, 0.29) is 43.5 Å². The van der Waals surface area contributed by atoms with Crippen molar-refractivity contribution in [3.8, 4) is 11.3 Å². The number of halogens is 6. The maximum Gasteiger partial charge on any atom is 0.420 e. The number of alkyl halides is 6. The number of rotatable bonds is 7. The maximum absolute atomic E-state index is 13.3. The lowest BCUT2D eigenvalue weighted by Crippen LogP contribution is -2.52. The summed E-state index contributed by atoms with van der Waals surface area (Å²) in [4.78, 5) is 63.0. The van der Waals surface area contributed by atoms with Gasteiger partial charge in [-0.3, -0.25) is 10.00 Å². The van der Waals surface area contributed by atoms with Crippen LogP contribution in [-0.4, -0.2) is 77.4 Å². The molecule has 1 fully saturated rings. The molecule has 2 aromatic heterocycles. The molecular weight excluding hydrogens is 818 g/mol. The summed E-state index contributed by atoms with van der Waals surface area (Å²) in [7, 11) is 1.55. The lowest BCUT2D eigenvalue weighted by molar-refractivity contribution is -0.143. The molecule has 330 valence electrons. The fourth-order valence-corrected chi connectivity index (χ4v) is 6.82. The summed E-state index contributed by atoms with van der Waals surface area (Å²) in [6, 6.07) is 3.25. The van der Waals surface area contributed by atoms with Crippen molar-refractivity contribution >= 4 is 52.7 Å². The van der Waals surface area contributed by atoms with Gasteiger partial charge in [-0.15, -0.1) is 0 Å². The van der Waals surface area contributed by atoms with Crippen molar-refractivity contribution in [3.05, 3.63) is 59.3 Å². The Morgan fingerprint density at radius 2 is 1.34 bits per heavy atom. The smallest absolute Gasteiger partial charge is 0.420 e. The molecule has 0 aliphatic heterocycles. The molecule has 2 aromatic carbocycles. The van der Waals surface area contributed by atoms with Crippen LogP contribution in [0.15, 0.2) is 42.6 Å². The first-order chi connectivity index (χ1) is 28.1. The van der Waals surface area contributed by atoms with E-state index in [4.69, 9.17) is 9.47 Å². The molecule has 0 unspecified atom stereocenters. The van der Waals surface area contributed by atoms with Crippen LogP contribution in [-0.2, 0) is 35.3 Å². The van der Waals surface area contributed by atoms with Crippen LogP contribution in [0.2, 0.25) is 0 Å². The predicted molar refractivity (Wildman–Crippen MR) is 211 cm³/mol. The fourth-order valence-electron chi connectivity index (χ4n) is 6.82. The van der Waals surface area contributed by atoms with Crippen LogP contribution in [0.4, 0.5) is 63.0 Å². The van der Waals surface area contributed by atoms with Gasteiger partial charge in [-0.1, -0.05) is 6.92 Å². The van der Waals surface area contributed by atoms with Crippen LogP contribution in [0.3, 0.4) is 0 Å². The van der Waals surface area contributed by atoms with Crippen LogP contribution in [0.25, 0.3) is 22.2 Å². The van der Waals surface area contributed by atoms with Crippen LogP contribution < -0.4 is 15.5 Å². The van der Waals surface area contributed by atoms with Crippen molar-refractivity contribution in [2.24, 2.45) is 7.05 Å². The first-order valence-electron chi connectivity index (χ1n) is 19.1. The van der Waals surface area contributed by atoms with E-state index in [1.807, 2.05) is 12.2 Å². The number of amides is 5. The monoisotopic (exact) mass is 864 g/mol. The third-order valence-electron chi connectivity index (χ3n) is 9.39. The quantitative estimate of drug-likeness (QED) is 0.151. The minimum Gasteiger partial charge on any atom is -0.465 e. The molecule has 5 rings (SSSR count). The minimum atomic E-state index is -5.11. The van der Waals surface area contributed by atoms with Crippen LogP contribution >= 0.6 is 0 Å². The average molecular weight is 865 g/mol. The third kappa shape index (κ3) is 11.4. The van der Waals surface area contributed by atoms with Crippen molar-refractivity contribution in [1.29, 1.82) is 0 Å². The van der Waals surface area contributed by atoms with E-state index in [1.165, 1.54) is 16.9 Å². The van der Waals surface area contributed by atoms with E-state index in [2.05, 4.69) is 20.4 Å². The zero-order valence-electron chi connectivity index (χ0n) is 34.6. The average Bonchev–Trinajstić information content (AvgIpc) is 3.48. The molecule has 4 aromatic rings. The predicted octanol–water partition coefficient (Wildman–Crippen LogP) is 10.2. The number of aromatic nitrogens is 4. The molecule has 1 aliphatic rings. The van der Waals surface area contributed by atoms with Crippen molar-refractivity contribution in [2.45, 2.75) is 116 Å². The zero-order chi connectivity index (χ0) is 45.4. The van der Waals surface area contributed by atoms with Gasteiger partial charge < -0.3 is 19.9 Å². The second-order valence-electron chi connectivity index (χ2n) is 16.5. The molecule has 1 saturated carbocycles. The van der Waals surface area contributed by atoms with Crippen molar-refractivity contribution in [1.82, 2.24) is 24.6 Å². The van der Waals surface area contributed by atoms with E-state index >= 15 is 0 Å². The number of anilines is 3. The summed E-state index contributed by atoms with van der Waals surface area (Å²) in [5.41, 5.74) is -3.56. The number of benzene rings is 2. The summed E-state index contributed by atoms with van der Waals surface area (Å²) >= 11 is 0. The number of carbonyl (C=O) groups excluding carboxylic acids is 3. The van der Waals surface area contributed by atoms with E-state index in [0.29, 0.717) is 46.3 Å². The molecule has 0 atom stereocenters. The van der Waals surface area contributed by atoms with Gasteiger partial charge in [0.05, 0.1) is 22.3 Å². The van der Waals surface area contributed by atoms with Crippen molar-refractivity contribution < 1.29 is 60.1 Å². The van der Waals surface area contributed by atoms with Crippen LogP contribution in [0.5, 0.6) is 0 Å². The van der Waals surface area contributed by atoms with Gasteiger partial charge in [0.2, 0.25) is 5.95 Å². The van der Waals surface area contributed by atoms with E-state index < -0.39 is 76.8 Å². The van der Waals surface area contributed by atoms with Gasteiger partial charge in [0.25, 0.3) is 0 Å². The molecule has 0 spiro atoms. The minimum absolute atomic E-state index is 0.0532. The molecular formula is C40H46F6N8O7. The number of carboxylic acid groups (broad SMARTS) is 1. The van der Waals surface area contributed by atoms with Crippen molar-refractivity contribution in [3.63, 3.8) is 0 Å². The molecule has 1 aliphatic carbocycles. The summed E-state index contributed by atoms with van der Waals surface area (Å²) in [6.07, 6.45) is -10.4. The van der Waals surface area contributed by atoms with E-state index in [9.17, 15) is 50.6 Å². The Kier molecular flexibility index (Phi) is 12.9. The number of imide groups is 1. The number of nitrogens with zero attached hydrogens (tertiary/aromatic N) is 6. The van der Waals surface area contributed by atoms with Crippen LogP contribution in [0.1, 0.15) is 90.8 Å². The highest BCUT2D eigenvalue weighted by Gasteiger charge is 2.41. The molecule has 0 bridgehead atoms. The molecule has 0 saturated heterocycles. The molecule has 61 heavy (non-hydrogen) atoms. The molecule has 5 amide bonds. The Hall–Kier alpha value is -6.15. The van der Waals surface area contributed by atoms with Gasteiger partial charge >= 0.3 is 36.7 Å². The van der Waals surface area contributed by atoms with Gasteiger partial charge in [-0.25, -0.2) is 38.9 Å². The van der Waals surface area contributed by atoms with Gasteiger partial charge in [-0.2, -0.15) is 31.4 Å². The Labute approximate surface area is 346 Å². The molecule has 2 heterocycles. The Morgan fingerprint density at radius 1 is 0.803 bits per heavy atom. The summed E-state index contributed by atoms with van der Waals surface area (Å²) < 4.78 is 92.4. The first kappa shape index (κ1) is 45.9. The number of urea groups is 1.